The highest BCUT2D eigenvalue weighted by Gasteiger charge is 2.66. The molecule has 222 valence electrons. The Kier molecular flexibility index (Phi) is 7.42. The molecular weight excluding hydrogens is 554 g/mol. The van der Waals surface area contributed by atoms with Gasteiger partial charge in [0.25, 0.3) is 5.91 Å². The number of carbonyl (C=O) groups is 2. The van der Waals surface area contributed by atoms with Gasteiger partial charge in [-0.05, 0) is 43.3 Å². The number of ether oxygens (including phenoxy) is 2. The molecule has 11 nitrogen and oxygen atoms in total. The largest absolute Gasteiger partial charge is 0.447 e. The Labute approximate surface area is 245 Å². The number of nitrogens with zero attached hydrogens (tertiary/aromatic N) is 5. The molecule has 1 spiro atoms. The predicted molar refractivity (Wildman–Crippen MR) is 157 cm³/mol. The molecule has 2 aromatic carbocycles. The number of hydrogen-bond acceptors (Lipinski definition) is 8. The Hall–Kier alpha value is -3.58. The summed E-state index contributed by atoms with van der Waals surface area (Å²) in [5.41, 5.74) is 2.23. The van der Waals surface area contributed by atoms with Crippen molar-refractivity contribution >= 4 is 31.7 Å². The van der Waals surface area contributed by atoms with E-state index in [4.69, 9.17) is 9.47 Å². The number of hydrogen-bond donors (Lipinski definition) is 2. The van der Waals surface area contributed by atoms with Crippen molar-refractivity contribution in [1.82, 2.24) is 15.0 Å². The van der Waals surface area contributed by atoms with Crippen LogP contribution in [0.4, 0.5) is 16.2 Å². The molecule has 4 atom stereocenters. The summed E-state index contributed by atoms with van der Waals surface area (Å²) in [4.78, 5) is 42.0. The van der Waals surface area contributed by atoms with Crippen LogP contribution < -0.4 is 9.80 Å². The summed E-state index contributed by atoms with van der Waals surface area (Å²) in [6, 6.07) is 15.5. The smallest absolute Gasteiger partial charge is 0.414 e. The molecule has 6 rings (SSSR count). The van der Waals surface area contributed by atoms with Crippen LogP contribution >= 0.6 is 0 Å². The standard InChI is InChI=1S/C30H37N5O6Si/c1-20-27(42(2,3)39)26(11-13-33-19-22(12-15-36)31-32-33)41-30(20)24-17-23(34-14-16-40-29(34)38)9-10-25(24)35(28(30)37)18-21-7-5-4-6-8-21/h4-10,17,19-20,26-27,36,39H,11-16,18H2,1-3H3/t20-,26+,27-,30+/m0/s1. The lowest BCUT2D eigenvalue weighted by molar-refractivity contribution is -0.146. The summed E-state index contributed by atoms with van der Waals surface area (Å²) >= 11 is 0. The van der Waals surface area contributed by atoms with Crippen molar-refractivity contribution in [3.8, 4) is 0 Å². The van der Waals surface area contributed by atoms with E-state index in [2.05, 4.69) is 10.3 Å². The van der Waals surface area contributed by atoms with Gasteiger partial charge in [0.05, 0.1) is 30.6 Å². The van der Waals surface area contributed by atoms with Crippen molar-refractivity contribution in [1.29, 1.82) is 0 Å². The van der Waals surface area contributed by atoms with Gasteiger partial charge < -0.3 is 24.3 Å². The molecular formula is C30H37N5O6Si. The fraction of sp³-hybridized carbons (Fsp3) is 0.467. The number of anilines is 2. The molecule has 2 N–H and O–H groups in total. The second-order valence-electron chi connectivity index (χ2n) is 11.9. The minimum atomic E-state index is -2.85. The van der Waals surface area contributed by atoms with E-state index >= 15 is 0 Å². The molecule has 0 radical (unpaired) electrons. The van der Waals surface area contributed by atoms with E-state index in [1.54, 1.807) is 20.7 Å². The maximum Gasteiger partial charge on any atom is 0.414 e. The van der Waals surface area contributed by atoms with Crippen molar-refractivity contribution in [2.75, 3.05) is 29.6 Å². The number of aliphatic hydroxyl groups is 1. The van der Waals surface area contributed by atoms with Gasteiger partial charge >= 0.3 is 6.09 Å². The van der Waals surface area contributed by atoms with Gasteiger partial charge in [0, 0.05) is 48.5 Å². The van der Waals surface area contributed by atoms with Crippen LogP contribution in [-0.2, 0) is 39.4 Å². The first-order valence-corrected chi connectivity index (χ1v) is 17.5. The lowest BCUT2D eigenvalue weighted by Gasteiger charge is -2.32. The lowest BCUT2D eigenvalue weighted by atomic mass is 9.82. The third-order valence-corrected chi connectivity index (χ3v) is 11.3. The third-order valence-electron chi connectivity index (χ3n) is 8.82. The van der Waals surface area contributed by atoms with Crippen molar-refractivity contribution < 1.29 is 29.0 Å². The molecule has 3 aliphatic heterocycles. The van der Waals surface area contributed by atoms with Gasteiger partial charge in [-0.25, -0.2) is 4.79 Å². The Bertz CT molecular complexity index is 1480. The summed E-state index contributed by atoms with van der Waals surface area (Å²) in [5, 5.41) is 17.5. The average Bonchev–Trinajstić information content (AvgIpc) is 3.71. The molecule has 12 heteroatoms. The molecule has 0 unspecified atom stereocenters. The van der Waals surface area contributed by atoms with Gasteiger partial charge in [0.15, 0.2) is 13.9 Å². The Morgan fingerprint density at radius 1 is 1.14 bits per heavy atom. The molecule has 0 aliphatic carbocycles. The van der Waals surface area contributed by atoms with E-state index in [0.717, 1.165) is 11.3 Å². The summed E-state index contributed by atoms with van der Waals surface area (Å²) in [6.45, 7) is 7.40. The average molecular weight is 592 g/mol. The van der Waals surface area contributed by atoms with Gasteiger partial charge in [-0.15, -0.1) is 5.10 Å². The van der Waals surface area contributed by atoms with Gasteiger partial charge in [-0.1, -0.05) is 42.5 Å². The molecule has 42 heavy (non-hydrogen) atoms. The molecule has 1 aromatic heterocycles. The Morgan fingerprint density at radius 3 is 2.62 bits per heavy atom. The zero-order valence-electron chi connectivity index (χ0n) is 24.1. The molecule has 3 aliphatic rings. The van der Waals surface area contributed by atoms with E-state index < -0.39 is 26.1 Å². The molecule has 0 saturated carbocycles. The molecule has 4 heterocycles. The number of benzene rings is 2. The molecule has 3 aromatic rings. The zero-order chi connectivity index (χ0) is 29.6. The topological polar surface area (TPSA) is 130 Å². The highest BCUT2D eigenvalue weighted by atomic mass is 28.4. The van der Waals surface area contributed by atoms with Crippen molar-refractivity contribution in [2.24, 2.45) is 5.92 Å². The first kappa shape index (κ1) is 28.5. The number of aliphatic hydroxyl groups excluding tert-OH is 1. The van der Waals surface area contributed by atoms with E-state index in [1.165, 1.54) is 0 Å². The number of carbonyl (C=O) groups excluding carboxylic acids is 2. The summed E-state index contributed by atoms with van der Waals surface area (Å²) < 4.78 is 13.8. The highest BCUT2D eigenvalue weighted by molar-refractivity contribution is 6.71. The monoisotopic (exact) mass is 591 g/mol. The second kappa shape index (κ2) is 10.9. The number of rotatable bonds is 9. The minimum Gasteiger partial charge on any atom is -0.447 e. The summed E-state index contributed by atoms with van der Waals surface area (Å²) in [5.74, 6) is -0.491. The SMILES string of the molecule is C[C@H]1[C@H]([Si](C)(C)O)[C@@H](CCn2cc(CCO)nn2)O[C@]12C(=O)N(Cc1ccccc1)c1ccc(N3CCOC3=O)cc12. The summed E-state index contributed by atoms with van der Waals surface area (Å²) in [7, 11) is -2.85. The number of fused-ring (bicyclic) bond motifs is 2. The zero-order valence-corrected chi connectivity index (χ0v) is 25.1. The number of aromatic nitrogens is 3. The van der Waals surface area contributed by atoms with Crippen LogP contribution in [0.5, 0.6) is 0 Å². The highest BCUT2D eigenvalue weighted by Crippen LogP contribution is 2.60. The third kappa shape index (κ3) is 4.81. The Balaban J connectivity index is 1.40. The van der Waals surface area contributed by atoms with Crippen LogP contribution in [0.3, 0.4) is 0 Å². The van der Waals surface area contributed by atoms with Crippen molar-refractivity contribution in [3.63, 3.8) is 0 Å². The van der Waals surface area contributed by atoms with E-state index in [0.29, 0.717) is 56.0 Å². The van der Waals surface area contributed by atoms with Crippen LogP contribution in [-0.4, -0.2) is 71.1 Å². The molecule has 2 amide bonds. The maximum absolute atomic E-state index is 14.6. The van der Waals surface area contributed by atoms with Crippen LogP contribution in [0.2, 0.25) is 18.6 Å². The molecule has 2 fully saturated rings. The first-order valence-electron chi connectivity index (χ1n) is 14.5. The van der Waals surface area contributed by atoms with Crippen LogP contribution in [0.1, 0.15) is 30.2 Å². The minimum absolute atomic E-state index is 0.00498. The van der Waals surface area contributed by atoms with Gasteiger partial charge in [0.2, 0.25) is 0 Å². The molecule has 2 saturated heterocycles. The quantitative estimate of drug-likeness (QED) is 0.363. The van der Waals surface area contributed by atoms with Crippen LogP contribution in [0, 0.1) is 5.92 Å². The van der Waals surface area contributed by atoms with Gasteiger partial charge in [-0.2, -0.15) is 0 Å². The maximum atomic E-state index is 14.6. The van der Waals surface area contributed by atoms with E-state index in [-0.39, 0.29) is 24.0 Å². The van der Waals surface area contributed by atoms with Gasteiger partial charge in [0.1, 0.15) is 6.61 Å². The predicted octanol–water partition coefficient (Wildman–Crippen LogP) is 3.20. The van der Waals surface area contributed by atoms with Crippen LogP contribution in [0.15, 0.2) is 54.7 Å². The van der Waals surface area contributed by atoms with Crippen LogP contribution in [0.25, 0.3) is 0 Å². The van der Waals surface area contributed by atoms with E-state index in [9.17, 15) is 19.5 Å². The number of cyclic esters (lactones) is 1. The number of aryl methyl sites for hydroxylation is 1. The van der Waals surface area contributed by atoms with Gasteiger partial charge in [-0.3, -0.25) is 14.4 Å². The fourth-order valence-electron chi connectivity index (χ4n) is 6.99. The summed E-state index contributed by atoms with van der Waals surface area (Å²) in [6.07, 6.45) is 1.93. The van der Waals surface area contributed by atoms with Crippen molar-refractivity contribution in [3.05, 3.63) is 71.5 Å². The van der Waals surface area contributed by atoms with E-state index in [1.807, 2.05) is 68.5 Å². The normalized spacial score (nSPS) is 25.5. The fourth-order valence-corrected chi connectivity index (χ4v) is 9.59. The Morgan fingerprint density at radius 2 is 1.93 bits per heavy atom. The molecule has 0 bridgehead atoms. The second-order valence-corrected chi connectivity index (χ2v) is 15.9. The first-order chi connectivity index (χ1) is 20.1. The number of amides is 2. The lowest BCUT2D eigenvalue weighted by Crippen LogP contribution is -2.46. The van der Waals surface area contributed by atoms with Crippen molar-refractivity contribution in [2.45, 2.75) is 63.2 Å².